The largest absolute Gasteiger partial charge is 0.368 e. The molecule has 2 aromatic carbocycles. The summed E-state index contributed by atoms with van der Waals surface area (Å²) in [5.74, 6) is 0.689. The minimum atomic E-state index is -0.232. The molecule has 1 aliphatic rings. The minimum Gasteiger partial charge on any atom is -0.368 e. The van der Waals surface area contributed by atoms with Crippen molar-refractivity contribution in [3.63, 3.8) is 0 Å². The molecule has 160 valence electrons. The van der Waals surface area contributed by atoms with Crippen molar-refractivity contribution >= 4 is 11.7 Å². The Bertz CT molecular complexity index is 1020. The standard InChI is InChI=1S/C24H26FN5O/c1-17(18-5-7-21(25)8-6-18)16-27-23-10-9-22(28-29-23)19-3-2-4-20(15-19)24(31)30-13-11-26-12-14-30/h2-10,15,17,26H,11-14,16H2,1H3,(H,27,29). The first-order valence-corrected chi connectivity index (χ1v) is 10.5. The van der Waals surface area contributed by atoms with Crippen LogP contribution in [0.5, 0.6) is 0 Å². The molecule has 1 atom stereocenters. The van der Waals surface area contributed by atoms with Crippen LogP contribution in [0.25, 0.3) is 11.3 Å². The number of benzene rings is 2. The van der Waals surface area contributed by atoms with Gasteiger partial charge in [0.15, 0.2) is 0 Å². The van der Waals surface area contributed by atoms with E-state index < -0.39 is 0 Å². The quantitative estimate of drug-likeness (QED) is 0.640. The van der Waals surface area contributed by atoms with Gasteiger partial charge < -0.3 is 15.5 Å². The van der Waals surface area contributed by atoms with Crippen LogP contribution in [0.1, 0.15) is 28.8 Å². The molecule has 3 aromatic rings. The third kappa shape index (κ3) is 5.24. The van der Waals surface area contributed by atoms with Gasteiger partial charge in [-0.2, -0.15) is 0 Å². The number of amides is 1. The van der Waals surface area contributed by atoms with Crippen molar-refractivity contribution in [3.05, 3.63) is 77.6 Å². The maximum atomic E-state index is 13.1. The molecule has 1 amide bonds. The summed E-state index contributed by atoms with van der Waals surface area (Å²) in [6.07, 6.45) is 0. The van der Waals surface area contributed by atoms with Crippen LogP contribution in [0, 0.1) is 5.82 Å². The van der Waals surface area contributed by atoms with Crippen LogP contribution in [0.15, 0.2) is 60.7 Å². The molecule has 0 saturated carbocycles. The lowest BCUT2D eigenvalue weighted by Gasteiger charge is -2.27. The number of hydrogen-bond acceptors (Lipinski definition) is 5. The maximum Gasteiger partial charge on any atom is 0.253 e. The SMILES string of the molecule is CC(CNc1ccc(-c2cccc(C(=O)N3CCNCC3)c2)nn1)c1ccc(F)cc1. The van der Waals surface area contributed by atoms with E-state index in [2.05, 4.69) is 27.8 Å². The number of rotatable bonds is 6. The summed E-state index contributed by atoms with van der Waals surface area (Å²) in [6.45, 7) is 5.83. The molecule has 2 N–H and O–H groups in total. The number of carbonyl (C=O) groups excluding carboxylic acids is 1. The summed E-state index contributed by atoms with van der Waals surface area (Å²) in [7, 11) is 0. The minimum absolute atomic E-state index is 0.0457. The van der Waals surface area contributed by atoms with Gasteiger partial charge in [-0.1, -0.05) is 31.2 Å². The van der Waals surface area contributed by atoms with Crippen molar-refractivity contribution in [2.24, 2.45) is 0 Å². The zero-order valence-electron chi connectivity index (χ0n) is 17.5. The molecule has 0 radical (unpaired) electrons. The van der Waals surface area contributed by atoms with Crippen LogP contribution in [0.4, 0.5) is 10.2 Å². The van der Waals surface area contributed by atoms with Gasteiger partial charge in [0.25, 0.3) is 5.91 Å². The number of nitrogens with one attached hydrogen (secondary N) is 2. The molecule has 6 nitrogen and oxygen atoms in total. The van der Waals surface area contributed by atoms with Crippen molar-refractivity contribution < 1.29 is 9.18 Å². The Balaban J connectivity index is 1.39. The fraction of sp³-hybridized carbons (Fsp3) is 0.292. The maximum absolute atomic E-state index is 13.1. The molecule has 2 heterocycles. The Morgan fingerprint density at radius 3 is 2.58 bits per heavy atom. The Labute approximate surface area is 181 Å². The van der Waals surface area contributed by atoms with Crippen LogP contribution in [-0.2, 0) is 0 Å². The van der Waals surface area contributed by atoms with Gasteiger partial charge in [0.1, 0.15) is 11.6 Å². The molecule has 31 heavy (non-hydrogen) atoms. The number of piperazine rings is 1. The fourth-order valence-electron chi connectivity index (χ4n) is 3.61. The Kier molecular flexibility index (Phi) is 6.52. The summed E-state index contributed by atoms with van der Waals surface area (Å²) >= 11 is 0. The van der Waals surface area contributed by atoms with Crippen LogP contribution in [0.3, 0.4) is 0 Å². The Morgan fingerprint density at radius 2 is 1.87 bits per heavy atom. The highest BCUT2D eigenvalue weighted by molar-refractivity contribution is 5.95. The fourth-order valence-corrected chi connectivity index (χ4v) is 3.61. The molecular weight excluding hydrogens is 393 g/mol. The van der Waals surface area contributed by atoms with Crippen molar-refractivity contribution in [2.45, 2.75) is 12.8 Å². The lowest BCUT2D eigenvalue weighted by molar-refractivity contribution is 0.0736. The second-order valence-corrected chi connectivity index (χ2v) is 7.76. The molecule has 0 spiro atoms. The molecule has 1 unspecified atom stereocenters. The average molecular weight is 420 g/mol. The third-order valence-electron chi connectivity index (χ3n) is 5.50. The second kappa shape index (κ2) is 9.66. The summed E-state index contributed by atoms with van der Waals surface area (Å²) in [6, 6.07) is 17.8. The smallest absolute Gasteiger partial charge is 0.253 e. The number of nitrogens with zero attached hydrogens (tertiary/aromatic N) is 3. The zero-order chi connectivity index (χ0) is 21.6. The lowest BCUT2D eigenvalue weighted by atomic mass is 10.0. The van der Waals surface area contributed by atoms with E-state index in [-0.39, 0.29) is 17.6 Å². The summed E-state index contributed by atoms with van der Waals surface area (Å²) < 4.78 is 13.1. The first-order chi connectivity index (χ1) is 15.1. The number of anilines is 1. The third-order valence-corrected chi connectivity index (χ3v) is 5.50. The van der Waals surface area contributed by atoms with Gasteiger partial charge >= 0.3 is 0 Å². The van der Waals surface area contributed by atoms with Crippen LogP contribution >= 0.6 is 0 Å². The number of halogens is 1. The molecule has 4 rings (SSSR count). The molecule has 1 aliphatic heterocycles. The topological polar surface area (TPSA) is 70.2 Å². The molecule has 0 bridgehead atoms. The van der Waals surface area contributed by atoms with E-state index in [1.807, 2.05) is 41.3 Å². The van der Waals surface area contributed by atoms with Crippen LogP contribution in [0.2, 0.25) is 0 Å². The van der Waals surface area contributed by atoms with Gasteiger partial charge in [-0.05, 0) is 47.9 Å². The summed E-state index contributed by atoms with van der Waals surface area (Å²) in [4.78, 5) is 14.6. The van der Waals surface area contributed by atoms with Crippen molar-refractivity contribution in [2.75, 3.05) is 38.0 Å². The van der Waals surface area contributed by atoms with E-state index in [0.717, 1.165) is 37.3 Å². The van der Waals surface area contributed by atoms with Crippen LogP contribution in [-0.4, -0.2) is 53.7 Å². The number of hydrogen-bond donors (Lipinski definition) is 2. The van der Waals surface area contributed by atoms with Gasteiger partial charge in [0.2, 0.25) is 0 Å². The van der Waals surface area contributed by atoms with Crippen LogP contribution < -0.4 is 10.6 Å². The summed E-state index contributed by atoms with van der Waals surface area (Å²) in [5, 5.41) is 15.1. The van der Waals surface area contributed by atoms with Gasteiger partial charge in [0, 0.05) is 43.9 Å². The van der Waals surface area contributed by atoms with E-state index in [9.17, 15) is 9.18 Å². The second-order valence-electron chi connectivity index (χ2n) is 7.76. The number of aromatic nitrogens is 2. The highest BCUT2D eigenvalue weighted by Gasteiger charge is 2.18. The lowest BCUT2D eigenvalue weighted by Crippen LogP contribution is -2.46. The van der Waals surface area contributed by atoms with E-state index in [1.54, 1.807) is 12.1 Å². The molecule has 7 heteroatoms. The van der Waals surface area contributed by atoms with Gasteiger partial charge in [-0.25, -0.2) is 4.39 Å². The van der Waals surface area contributed by atoms with E-state index in [0.29, 0.717) is 23.6 Å². The Morgan fingerprint density at radius 1 is 1.10 bits per heavy atom. The van der Waals surface area contributed by atoms with Crippen molar-refractivity contribution in [3.8, 4) is 11.3 Å². The first-order valence-electron chi connectivity index (χ1n) is 10.5. The highest BCUT2D eigenvalue weighted by Crippen LogP contribution is 2.21. The predicted octanol–water partition coefficient (Wildman–Crippen LogP) is 3.54. The number of carbonyl (C=O) groups is 1. The van der Waals surface area contributed by atoms with Crippen molar-refractivity contribution in [1.82, 2.24) is 20.4 Å². The summed E-state index contributed by atoms with van der Waals surface area (Å²) in [5.41, 5.74) is 3.30. The molecule has 1 aromatic heterocycles. The van der Waals surface area contributed by atoms with Crippen molar-refractivity contribution in [1.29, 1.82) is 0 Å². The van der Waals surface area contributed by atoms with E-state index in [4.69, 9.17) is 0 Å². The van der Waals surface area contributed by atoms with E-state index >= 15 is 0 Å². The Hall–Kier alpha value is -3.32. The van der Waals surface area contributed by atoms with E-state index in [1.165, 1.54) is 12.1 Å². The van der Waals surface area contributed by atoms with Gasteiger partial charge in [-0.15, -0.1) is 10.2 Å². The first kappa shape index (κ1) is 20.9. The molecular formula is C24H26FN5O. The zero-order valence-corrected chi connectivity index (χ0v) is 17.5. The van der Waals surface area contributed by atoms with Gasteiger partial charge in [0.05, 0.1) is 5.69 Å². The molecule has 1 saturated heterocycles. The average Bonchev–Trinajstić information content (AvgIpc) is 2.83. The molecule has 1 fully saturated rings. The predicted molar refractivity (Wildman–Crippen MR) is 120 cm³/mol. The molecule has 0 aliphatic carbocycles. The normalized spacial score (nSPS) is 14.8. The highest BCUT2D eigenvalue weighted by atomic mass is 19.1. The van der Waals surface area contributed by atoms with Gasteiger partial charge in [-0.3, -0.25) is 4.79 Å². The monoisotopic (exact) mass is 419 g/mol.